The fraction of sp³-hybridized carbons (Fsp3) is 0.133. The highest BCUT2D eigenvalue weighted by Crippen LogP contribution is 2.30. The standard InChI is InChI=1S/C15H13BrN2S/c16-12-6-8-13(9-7-12)17-15-18-14(10-19-15)11-4-2-1-3-5-11/h1-9,14H,10H2,(H,17,18). The predicted molar refractivity (Wildman–Crippen MR) is 86.8 cm³/mol. The first-order valence-corrected chi connectivity index (χ1v) is 7.87. The highest BCUT2D eigenvalue weighted by molar-refractivity contribution is 9.10. The molecule has 2 nitrogen and oxygen atoms in total. The molecule has 1 unspecified atom stereocenters. The van der Waals surface area contributed by atoms with Crippen LogP contribution in [-0.4, -0.2) is 10.9 Å². The van der Waals surface area contributed by atoms with Crippen LogP contribution < -0.4 is 5.32 Å². The summed E-state index contributed by atoms with van der Waals surface area (Å²) in [5.41, 5.74) is 2.35. The quantitative estimate of drug-likeness (QED) is 0.861. The Morgan fingerprint density at radius 3 is 2.53 bits per heavy atom. The molecule has 1 atom stereocenters. The molecule has 3 rings (SSSR count). The summed E-state index contributed by atoms with van der Waals surface area (Å²) in [6.45, 7) is 0. The topological polar surface area (TPSA) is 24.4 Å². The van der Waals surface area contributed by atoms with Crippen molar-refractivity contribution in [2.75, 3.05) is 11.1 Å². The molecule has 0 radical (unpaired) electrons. The number of aliphatic imine (C=N–C) groups is 1. The second kappa shape index (κ2) is 5.80. The third-order valence-electron chi connectivity index (χ3n) is 2.93. The maximum atomic E-state index is 4.73. The number of benzene rings is 2. The van der Waals surface area contributed by atoms with Crippen LogP contribution in [0.1, 0.15) is 11.6 Å². The number of hydrogen-bond donors (Lipinski definition) is 1. The normalized spacial score (nSPS) is 18.2. The Balaban J connectivity index is 1.72. The van der Waals surface area contributed by atoms with E-state index in [9.17, 15) is 0 Å². The summed E-state index contributed by atoms with van der Waals surface area (Å²) in [4.78, 5) is 4.73. The predicted octanol–water partition coefficient (Wildman–Crippen LogP) is 4.71. The minimum Gasteiger partial charge on any atom is -0.335 e. The van der Waals surface area contributed by atoms with Gasteiger partial charge in [-0.05, 0) is 29.8 Å². The number of nitrogens with one attached hydrogen (secondary N) is 1. The summed E-state index contributed by atoms with van der Waals surface area (Å²) in [6, 6.07) is 18.8. The number of hydrogen-bond acceptors (Lipinski definition) is 3. The van der Waals surface area contributed by atoms with E-state index in [0.29, 0.717) is 0 Å². The summed E-state index contributed by atoms with van der Waals surface area (Å²) in [7, 11) is 0. The molecule has 0 aromatic heterocycles. The van der Waals surface area contributed by atoms with Crippen LogP contribution in [0.4, 0.5) is 5.69 Å². The third kappa shape index (κ3) is 3.19. The van der Waals surface area contributed by atoms with Gasteiger partial charge in [0.15, 0.2) is 5.17 Å². The Hall–Kier alpha value is -1.26. The average molecular weight is 333 g/mol. The van der Waals surface area contributed by atoms with Gasteiger partial charge in [0.05, 0.1) is 6.04 Å². The zero-order chi connectivity index (χ0) is 13.1. The maximum Gasteiger partial charge on any atom is 0.161 e. The van der Waals surface area contributed by atoms with Gasteiger partial charge in [0.25, 0.3) is 0 Å². The summed E-state index contributed by atoms with van der Waals surface area (Å²) >= 11 is 5.21. The van der Waals surface area contributed by atoms with E-state index in [0.717, 1.165) is 21.1 Å². The first kappa shape index (κ1) is 12.8. The van der Waals surface area contributed by atoms with E-state index in [4.69, 9.17) is 4.99 Å². The van der Waals surface area contributed by atoms with Crippen molar-refractivity contribution in [2.45, 2.75) is 6.04 Å². The molecule has 1 aliphatic heterocycles. The van der Waals surface area contributed by atoms with Crippen LogP contribution in [0.15, 0.2) is 64.1 Å². The molecule has 1 aliphatic rings. The van der Waals surface area contributed by atoms with Gasteiger partial charge in [-0.15, -0.1) is 0 Å². The Kier molecular flexibility index (Phi) is 3.89. The molecular weight excluding hydrogens is 320 g/mol. The lowest BCUT2D eigenvalue weighted by atomic mass is 10.1. The molecule has 2 aromatic rings. The van der Waals surface area contributed by atoms with Gasteiger partial charge in [0, 0.05) is 15.9 Å². The van der Waals surface area contributed by atoms with Crippen molar-refractivity contribution in [1.29, 1.82) is 0 Å². The molecule has 4 heteroatoms. The van der Waals surface area contributed by atoms with Crippen molar-refractivity contribution < 1.29 is 0 Å². The van der Waals surface area contributed by atoms with Gasteiger partial charge in [-0.2, -0.15) is 0 Å². The lowest BCUT2D eigenvalue weighted by Gasteiger charge is -2.05. The van der Waals surface area contributed by atoms with Gasteiger partial charge in [-0.25, -0.2) is 0 Å². The van der Waals surface area contributed by atoms with E-state index < -0.39 is 0 Å². The van der Waals surface area contributed by atoms with Crippen LogP contribution in [0, 0.1) is 0 Å². The molecule has 96 valence electrons. The molecule has 0 spiro atoms. The molecule has 0 saturated carbocycles. The van der Waals surface area contributed by atoms with Gasteiger partial charge in [0.1, 0.15) is 0 Å². The van der Waals surface area contributed by atoms with Gasteiger partial charge in [-0.1, -0.05) is 58.0 Å². The lowest BCUT2D eigenvalue weighted by Crippen LogP contribution is -2.04. The number of thioether (sulfide) groups is 1. The van der Waals surface area contributed by atoms with E-state index in [1.54, 1.807) is 11.8 Å². The lowest BCUT2D eigenvalue weighted by molar-refractivity contribution is 0.849. The van der Waals surface area contributed by atoms with E-state index in [2.05, 4.69) is 45.5 Å². The summed E-state index contributed by atoms with van der Waals surface area (Å²) in [6.07, 6.45) is 0. The molecule has 0 aliphatic carbocycles. The average Bonchev–Trinajstić information content (AvgIpc) is 2.91. The molecule has 19 heavy (non-hydrogen) atoms. The Morgan fingerprint density at radius 1 is 1.05 bits per heavy atom. The number of amidine groups is 1. The smallest absolute Gasteiger partial charge is 0.161 e. The Morgan fingerprint density at radius 2 is 1.79 bits per heavy atom. The molecule has 0 fully saturated rings. The highest BCUT2D eigenvalue weighted by Gasteiger charge is 2.19. The second-order valence-corrected chi connectivity index (χ2v) is 6.23. The summed E-state index contributed by atoms with van der Waals surface area (Å²) < 4.78 is 1.08. The van der Waals surface area contributed by atoms with Gasteiger partial charge >= 0.3 is 0 Å². The van der Waals surface area contributed by atoms with Crippen LogP contribution in [0.3, 0.4) is 0 Å². The number of anilines is 1. The van der Waals surface area contributed by atoms with Crippen molar-refractivity contribution in [2.24, 2.45) is 4.99 Å². The van der Waals surface area contributed by atoms with Crippen molar-refractivity contribution in [3.05, 3.63) is 64.6 Å². The van der Waals surface area contributed by atoms with E-state index in [1.165, 1.54) is 5.56 Å². The Bertz CT molecular complexity index is 581. The van der Waals surface area contributed by atoms with Crippen LogP contribution in [-0.2, 0) is 0 Å². The van der Waals surface area contributed by atoms with Crippen molar-refractivity contribution in [1.82, 2.24) is 0 Å². The number of rotatable bonds is 2. The summed E-state index contributed by atoms with van der Waals surface area (Å²) in [5, 5.41) is 4.36. The minimum absolute atomic E-state index is 0.268. The van der Waals surface area contributed by atoms with Gasteiger partial charge in [0.2, 0.25) is 0 Å². The van der Waals surface area contributed by atoms with E-state index >= 15 is 0 Å². The zero-order valence-electron chi connectivity index (χ0n) is 10.2. The van der Waals surface area contributed by atoms with E-state index in [-0.39, 0.29) is 6.04 Å². The van der Waals surface area contributed by atoms with E-state index in [1.807, 2.05) is 30.3 Å². The van der Waals surface area contributed by atoms with Crippen LogP contribution in [0.5, 0.6) is 0 Å². The molecule has 1 heterocycles. The van der Waals surface area contributed by atoms with Gasteiger partial charge in [-0.3, -0.25) is 4.99 Å². The SMILES string of the molecule is Brc1ccc(NC2=NC(c3ccccc3)CS2)cc1. The fourth-order valence-corrected chi connectivity index (χ4v) is 3.18. The molecule has 0 amide bonds. The molecular formula is C15H13BrN2S. The largest absolute Gasteiger partial charge is 0.335 e. The zero-order valence-corrected chi connectivity index (χ0v) is 12.6. The second-order valence-electron chi connectivity index (χ2n) is 4.30. The molecule has 1 N–H and O–H groups in total. The fourth-order valence-electron chi connectivity index (χ4n) is 1.94. The van der Waals surface area contributed by atoms with Crippen molar-refractivity contribution >= 4 is 38.5 Å². The van der Waals surface area contributed by atoms with Crippen LogP contribution >= 0.6 is 27.7 Å². The van der Waals surface area contributed by atoms with Crippen LogP contribution in [0.25, 0.3) is 0 Å². The summed E-state index contributed by atoms with van der Waals surface area (Å²) in [5.74, 6) is 1.00. The minimum atomic E-state index is 0.268. The molecule has 2 aromatic carbocycles. The number of nitrogens with zero attached hydrogens (tertiary/aromatic N) is 1. The third-order valence-corrected chi connectivity index (χ3v) is 4.42. The maximum absolute atomic E-state index is 4.73. The van der Waals surface area contributed by atoms with Gasteiger partial charge < -0.3 is 5.32 Å². The molecule has 0 saturated heterocycles. The Labute approximate surface area is 125 Å². The number of halogens is 1. The monoisotopic (exact) mass is 332 g/mol. The first-order chi connectivity index (χ1) is 9.31. The van der Waals surface area contributed by atoms with Crippen molar-refractivity contribution in [3.8, 4) is 0 Å². The first-order valence-electron chi connectivity index (χ1n) is 6.09. The highest BCUT2D eigenvalue weighted by atomic mass is 79.9. The van der Waals surface area contributed by atoms with Crippen LogP contribution in [0.2, 0.25) is 0 Å². The molecule has 0 bridgehead atoms. The van der Waals surface area contributed by atoms with Crippen molar-refractivity contribution in [3.63, 3.8) is 0 Å².